The van der Waals surface area contributed by atoms with E-state index in [0.29, 0.717) is 5.57 Å². The molecule has 0 N–H and O–H groups in total. The summed E-state index contributed by atoms with van der Waals surface area (Å²) in [6.07, 6.45) is 1.67. The first-order valence-electron chi connectivity index (χ1n) is 3.84. The first-order chi connectivity index (χ1) is 6.66. The summed E-state index contributed by atoms with van der Waals surface area (Å²) in [5.74, 6) is 0.224. The molecule has 0 amide bonds. The van der Waals surface area contributed by atoms with Crippen molar-refractivity contribution in [2.75, 3.05) is 5.75 Å². The molecule has 0 radical (unpaired) electrons. The summed E-state index contributed by atoms with van der Waals surface area (Å²) < 4.78 is 0.995. The Kier molecular flexibility index (Phi) is 2.90. The first-order valence-corrected chi connectivity index (χ1v) is 6.43. The zero-order valence-corrected chi connectivity index (χ0v) is 10.2. The largest absolute Gasteiger partial charge is 0.293 e. The van der Waals surface area contributed by atoms with Crippen LogP contribution in [0, 0.1) is 0 Å². The molecule has 0 aromatic carbocycles. The molecule has 2 nitrogen and oxygen atoms in total. The molecule has 1 aliphatic heterocycles. The van der Waals surface area contributed by atoms with Crippen LogP contribution in [-0.2, 0) is 9.59 Å². The quantitative estimate of drug-likeness (QED) is 0.589. The Morgan fingerprint density at radius 2 is 2.14 bits per heavy atom. The van der Waals surface area contributed by atoms with Crippen LogP contribution >= 0.6 is 39.0 Å². The molecule has 5 heteroatoms. The minimum Gasteiger partial charge on any atom is -0.293 e. The van der Waals surface area contributed by atoms with Gasteiger partial charge in [-0.15, -0.1) is 11.3 Å². The summed E-state index contributed by atoms with van der Waals surface area (Å²) in [7, 11) is 0. The van der Waals surface area contributed by atoms with Gasteiger partial charge in [-0.05, 0) is 34.1 Å². The third-order valence-electron chi connectivity index (χ3n) is 1.74. The van der Waals surface area contributed by atoms with E-state index in [1.807, 2.05) is 12.1 Å². The van der Waals surface area contributed by atoms with Crippen LogP contribution in [-0.4, -0.2) is 16.7 Å². The predicted molar refractivity (Wildman–Crippen MR) is 62.5 cm³/mol. The highest BCUT2D eigenvalue weighted by Crippen LogP contribution is 2.28. The second kappa shape index (κ2) is 4.00. The molecule has 1 saturated heterocycles. The molecule has 0 unspecified atom stereocenters. The van der Waals surface area contributed by atoms with Crippen LogP contribution in [0.1, 0.15) is 4.88 Å². The van der Waals surface area contributed by atoms with Crippen molar-refractivity contribution in [1.29, 1.82) is 0 Å². The molecular weight excluding hydrogens is 284 g/mol. The molecule has 1 aliphatic rings. The minimum atomic E-state index is -0.112. The number of rotatable bonds is 1. The average Bonchev–Trinajstić information content (AvgIpc) is 2.67. The molecular formula is C9H5BrO2S2. The van der Waals surface area contributed by atoms with E-state index in [0.717, 1.165) is 20.4 Å². The second-order valence-corrected chi connectivity index (χ2v) is 6.14. The van der Waals surface area contributed by atoms with Crippen molar-refractivity contribution >= 4 is 56.0 Å². The number of carbonyl (C=O) groups is 2. The van der Waals surface area contributed by atoms with Crippen molar-refractivity contribution in [3.8, 4) is 0 Å². The molecule has 14 heavy (non-hydrogen) atoms. The van der Waals surface area contributed by atoms with Gasteiger partial charge in [0.2, 0.25) is 5.12 Å². The number of thioether (sulfide) groups is 1. The topological polar surface area (TPSA) is 34.1 Å². The third-order valence-corrected chi connectivity index (χ3v) is 4.19. The van der Waals surface area contributed by atoms with Gasteiger partial charge in [0.25, 0.3) is 0 Å². The lowest BCUT2D eigenvalue weighted by Gasteiger charge is -1.89. The van der Waals surface area contributed by atoms with Crippen molar-refractivity contribution in [2.24, 2.45) is 0 Å². The summed E-state index contributed by atoms with van der Waals surface area (Å²) in [4.78, 5) is 23.5. The molecule has 0 bridgehead atoms. The Bertz CT molecular complexity index is 416. The average molecular weight is 289 g/mol. The van der Waals surface area contributed by atoms with E-state index >= 15 is 0 Å². The lowest BCUT2D eigenvalue weighted by atomic mass is 10.2. The van der Waals surface area contributed by atoms with Gasteiger partial charge < -0.3 is 0 Å². The Hall–Kier alpha value is -0.390. The van der Waals surface area contributed by atoms with Gasteiger partial charge in [0.1, 0.15) is 0 Å². The van der Waals surface area contributed by atoms with Crippen molar-refractivity contribution < 1.29 is 9.59 Å². The maximum absolute atomic E-state index is 11.3. The molecule has 0 saturated carbocycles. The van der Waals surface area contributed by atoms with Gasteiger partial charge in [-0.1, -0.05) is 11.8 Å². The predicted octanol–water partition coefficient (Wildman–Crippen LogP) is 2.74. The van der Waals surface area contributed by atoms with Gasteiger partial charge in [-0.2, -0.15) is 0 Å². The zero-order chi connectivity index (χ0) is 10.1. The van der Waals surface area contributed by atoms with Gasteiger partial charge in [-0.25, -0.2) is 0 Å². The molecule has 0 aliphatic carbocycles. The number of Topliss-reactive ketones (excluding diaryl/α,β-unsaturated/α-hetero) is 1. The van der Waals surface area contributed by atoms with Crippen LogP contribution in [0.5, 0.6) is 0 Å². The fourth-order valence-electron chi connectivity index (χ4n) is 1.09. The number of ketones is 1. The summed E-state index contributed by atoms with van der Waals surface area (Å²) in [6.45, 7) is 0. The molecule has 0 spiro atoms. The van der Waals surface area contributed by atoms with E-state index in [-0.39, 0.29) is 16.7 Å². The molecule has 2 heterocycles. The number of carbonyl (C=O) groups excluding carboxylic acids is 2. The summed E-state index contributed by atoms with van der Waals surface area (Å²) in [6, 6.07) is 3.78. The van der Waals surface area contributed by atoms with E-state index in [4.69, 9.17) is 0 Å². The number of hydrogen-bond donors (Lipinski definition) is 0. The van der Waals surface area contributed by atoms with Crippen LogP contribution in [0.4, 0.5) is 0 Å². The van der Waals surface area contributed by atoms with Crippen LogP contribution in [0.3, 0.4) is 0 Å². The van der Waals surface area contributed by atoms with Crippen LogP contribution in [0.15, 0.2) is 21.5 Å². The van der Waals surface area contributed by atoms with Gasteiger partial charge in [-0.3, -0.25) is 9.59 Å². The van der Waals surface area contributed by atoms with Crippen LogP contribution in [0.25, 0.3) is 6.08 Å². The van der Waals surface area contributed by atoms with Gasteiger partial charge >= 0.3 is 0 Å². The zero-order valence-electron chi connectivity index (χ0n) is 6.95. The Morgan fingerprint density at radius 1 is 1.36 bits per heavy atom. The SMILES string of the molecule is O=C1CSC(=O)/C1=C/c1ccc(Br)s1. The first kappa shape index (κ1) is 10.1. The lowest BCUT2D eigenvalue weighted by Crippen LogP contribution is -1.99. The van der Waals surface area contributed by atoms with Gasteiger partial charge in [0.15, 0.2) is 5.78 Å². The Morgan fingerprint density at radius 3 is 2.64 bits per heavy atom. The Labute approximate surface area is 97.5 Å². The monoisotopic (exact) mass is 288 g/mol. The molecule has 1 fully saturated rings. The van der Waals surface area contributed by atoms with Gasteiger partial charge in [0, 0.05) is 4.88 Å². The van der Waals surface area contributed by atoms with Crippen molar-refractivity contribution in [3.63, 3.8) is 0 Å². The number of halogens is 1. The lowest BCUT2D eigenvalue weighted by molar-refractivity contribution is -0.115. The fraction of sp³-hybridized carbons (Fsp3) is 0.111. The maximum atomic E-state index is 11.3. The van der Waals surface area contributed by atoms with E-state index in [2.05, 4.69) is 15.9 Å². The van der Waals surface area contributed by atoms with E-state index in [9.17, 15) is 9.59 Å². The molecule has 2 rings (SSSR count). The van der Waals surface area contributed by atoms with E-state index in [1.165, 1.54) is 11.3 Å². The number of hydrogen-bond acceptors (Lipinski definition) is 4. The summed E-state index contributed by atoms with van der Waals surface area (Å²) in [5, 5.41) is -0.112. The van der Waals surface area contributed by atoms with E-state index in [1.54, 1.807) is 6.08 Å². The molecule has 0 atom stereocenters. The minimum absolute atomic E-state index is 0.0653. The standard InChI is InChI=1S/C9H5BrO2S2/c10-8-2-1-5(14-8)3-6-7(11)4-13-9(6)12/h1-3H,4H2/b6-3+. The van der Waals surface area contributed by atoms with E-state index < -0.39 is 0 Å². The van der Waals surface area contributed by atoms with Crippen LogP contribution in [0.2, 0.25) is 0 Å². The normalized spacial score (nSPS) is 19.6. The van der Waals surface area contributed by atoms with Crippen molar-refractivity contribution in [3.05, 3.63) is 26.4 Å². The Balaban J connectivity index is 2.34. The molecule has 1 aromatic rings. The maximum Gasteiger partial charge on any atom is 0.223 e. The second-order valence-electron chi connectivity index (χ2n) is 2.70. The molecule has 72 valence electrons. The highest BCUT2D eigenvalue weighted by Gasteiger charge is 2.26. The molecule has 1 aromatic heterocycles. The van der Waals surface area contributed by atoms with Crippen molar-refractivity contribution in [2.45, 2.75) is 0 Å². The summed E-state index contributed by atoms with van der Waals surface area (Å²) >= 11 is 5.91. The highest BCUT2D eigenvalue weighted by atomic mass is 79.9. The smallest absolute Gasteiger partial charge is 0.223 e. The highest BCUT2D eigenvalue weighted by molar-refractivity contribution is 9.11. The third kappa shape index (κ3) is 1.99. The fourth-order valence-corrected chi connectivity index (χ4v) is 3.20. The van der Waals surface area contributed by atoms with Crippen LogP contribution < -0.4 is 0 Å². The summed E-state index contributed by atoms with van der Waals surface area (Å²) in [5.41, 5.74) is 0.323. The number of thiophene rings is 1. The van der Waals surface area contributed by atoms with Crippen molar-refractivity contribution in [1.82, 2.24) is 0 Å². The van der Waals surface area contributed by atoms with Gasteiger partial charge in [0.05, 0.1) is 15.1 Å².